The van der Waals surface area contributed by atoms with Gasteiger partial charge in [-0.25, -0.2) is 9.86 Å². The van der Waals surface area contributed by atoms with Gasteiger partial charge in [0.05, 0.1) is 6.54 Å². The third kappa shape index (κ3) is 7.63. The van der Waals surface area contributed by atoms with Crippen LogP contribution in [0.2, 0.25) is 0 Å². The monoisotopic (exact) mass is 230 g/mol. The van der Waals surface area contributed by atoms with Gasteiger partial charge in [0.2, 0.25) is 0 Å². The van der Waals surface area contributed by atoms with Gasteiger partial charge in [-0.05, 0) is 19.3 Å². The first-order valence-electron chi connectivity index (χ1n) is 4.78. The average molecular weight is 230 g/mol. The number of unbranched alkanes of at least 4 members (excludes halogenated alkanes) is 2. The number of carbonyl (C=O) groups excluding carboxylic acids is 1. The molecule has 0 rings (SSSR count). The lowest BCUT2D eigenvalue weighted by molar-refractivity contribution is -0.159. The molecule has 1 amide bonds. The molecule has 0 heterocycles. The van der Waals surface area contributed by atoms with Crippen molar-refractivity contribution in [1.82, 2.24) is 5.06 Å². The zero-order valence-electron chi connectivity index (χ0n) is 8.70. The maximum Gasteiger partial charge on any atom is 0.328 e. The Bertz CT molecular complexity index is 277. The minimum Gasteiger partial charge on any atom is -0.478 e. The van der Waals surface area contributed by atoms with Crippen LogP contribution in [0.25, 0.3) is 0 Å². The predicted octanol–water partition coefficient (Wildman–Crippen LogP) is 0.782. The summed E-state index contributed by atoms with van der Waals surface area (Å²) in [6, 6.07) is 0. The summed E-state index contributed by atoms with van der Waals surface area (Å²) in [6.07, 6.45) is 3.23. The van der Waals surface area contributed by atoms with E-state index in [2.05, 4.69) is 5.18 Å². The van der Waals surface area contributed by atoms with E-state index in [1.54, 1.807) is 0 Å². The van der Waals surface area contributed by atoms with Crippen LogP contribution >= 0.6 is 0 Å². The number of carbonyl (C=O) groups is 2. The van der Waals surface area contributed by atoms with E-state index in [1.807, 2.05) is 0 Å². The van der Waals surface area contributed by atoms with Crippen molar-refractivity contribution in [2.75, 3.05) is 13.1 Å². The van der Waals surface area contributed by atoms with Crippen molar-refractivity contribution in [3.05, 3.63) is 17.1 Å². The maximum atomic E-state index is 11.0. The van der Waals surface area contributed by atoms with Crippen LogP contribution in [0.1, 0.15) is 19.3 Å². The summed E-state index contributed by atoms with van der Waals surface area (Å²) in [4.78, 5) is 30.8. The fraction of sp³-hybridized carbons (Fsp3) is 0.556. The molecule has 0 aromatic heterocycles. The van der Waals surface area contributed by atoms with E-state index in [0.717, 1.165) is 6.08 Å². The molecule has 0 atom stereocenters. The molecule has 7 nitrogen and oxygen atoms in total. The molecule has 0 aromatic carbocycles. The second-order valence-corrected chi connectivity index (χ2v) is 3.05. The van der Waals surface area contributed by atoms with Crippen LogP contribution in [0.5, 0.6) is 0 Å². The molecule has 0 aliphatic heterocycles. The van der Waals surface area contributed by atoms with Gasteiger partial charge >= 0.3 is 5.97 Å². The van der Waals surface area contributed by atoms with E-state index in [-0.39, 0.29) is 13.1 Å². The maximum absolute atomic E-state index is 11.0. The van der Waals surface area contributed by atoms with Crippen molar-refractivity contribution < 1.29 is 19.9 Å². The van der Waals surface area contributed by atoms with Gasteiger partial charge < -0.3 is 5.11 Å². The smallest absolute Gasteiger partial charge is 0.328 e. The van der Waals surface area contributed by atoms with Gasteiger partial charge in [-0.1, -0.05) is 5.18 Å². The summed E-state index contributed by atoms with van der Waals surface area (Å²) in [5.74, 6) is -2.03. The molecule has 0 aromatic rings. The molecule has 0 radical (unpaired) electrons. The Balaban J connectivity index is 3.71. The number of carboxylic acids is 1. The van der Waals surface area contributed by atoms with E-state index < -0.39 is 11.9 Å². The fourth-order valence-electron chi connectivity index (χ4n) is 0.954. The molecule has 2 N–H and O–H groups in total. The van der Waals surface area contributed by atoms with Crippen molar-refractivity contribution >= 4 is 11.9 Å². The van der Waals surface area contributed by atoms with E-state index >= 15 is 0 Å². The van der Waals surface area contributed by atoms with Crippen molar-refractivity contribution in [3.8, 4) is 0 Å². The molecule has 90 valence electrons. The number of nitrogens with zero attached hydrogens (tertiary/aromatic N) is 2. The minimum absolute atomic E-state index is 0.0989. The summed E-state index contributed by atoms with van der Waals surface area (Å²) in [5.41, 5.74) is 0. The van der Waals surface area contributed by atoms with Crippen LogP contribution in [-0.4, -0.2) is 40.3 Å². The Morgan fingerprint density at radius 2 is 1.88 bits per heavy atom. The predicted molar refractivity (Wildman–Crippen MR) is 54.8 cm³/mol. The highest BCUT2D eigenvalue weighted by Gasteiger charge is 2.06. The summed E-state index contributed by atoms with van der Waals surface area (Å²) in [5, 5.41) is 20.5. The fourth-order valence-corrected chi connectivity index (χ4v) is 0.954. The van der Waals surface area contributed by atoms with Gasteiger partial charge in [0.25, 0.3) is 5.91 Å². The van der Waals surface area contributed by atoms with E-state index in [1.165, 1.54) is 0 Å². The summed E-state index contributed by atoms with van der Waals surface area (Å²) in [7, 11) is 0. The van der Waals surface area contributed by atoms with Crippen LogP contribution in [0.15, 0.2) is 17.3 Å². The highest BCUT2D eigenvalue weighted by molar-refractivity contribution is 5.93. The van der Waals surface area contributed by atoms with Crippen LogP contribution < -0.4 is 0 Å². The Labute approximate surface area is 92.3 Å². The molecular formula is C9H14N2O5. The van der Waals surface area contributed by atoms with Gasteiger partial charge in [-0.15, -0.1) is 0 Å². The zero-order chi connectivity index (χ0) is 12.4. The van der Waals surface area contributed by atoms with Gasteiger partial charge in [0.1, 0.15) is 0 Å². The molecule has 0 saturated heterocycles. The largest absolute Gasteiger partial charge is 0.478 e. The molecule has 0 aliphatic rings. The van der Waals surface area contributed by atoms with Crippen LogP contribution in [-0.2, 0) is 9.59 Å². The SMILES string of the molecule is O=NCCCCCN(O)C(=O)/C=C/C(=O)O. The van der Waals surface area contributed by atoms with Crippen molar-refractivity contribution in [3.63, 3.8) is 0 Å². The standard InChI is InChI=1S/C9H14N2O5/c12-8(4-5-9(13)14)11(16)7-3-1-2-6-10-15/h4-5,16H,1-3,6-7H2,(H,13,14)/b5-4+. The lowest BCUT2D eigenvalue weighted by Gasteiger charge is -2.11. The number of amides is 1. The van der Waals surface area contributed by atoms with Crippen molar-refractivity contribution in [2.24, 2.45) is 5.18 Å². The summed E-state index contributed by atoms with van der Waals surface area (Å²) >= 11 is 0. The number of hydrogen-bond acceptors (Lipinski definition) is 5. The Hall–Kier alpha value is -1.76. The molecule has 0 unspecified atom stereocenters. The van der Waals surface area contributed by atoms with E-state index in [4.69, 9.17) is 10.3 Å². The van der Waals surface area contributed by atoms with Gasteiger partial charge in [0.15, 0.2) is 0 Å². The van der Waals surface area contributed by atoms with Gasteiger partial charge in [0, 0.05) is 18.7 Å². The van der Waals surface area contributed by atoms with Gasteiger partial charge in [-0.3, -0.25) is 10.0 Å². The molecule has 0 saturated carbocycles. The summed E-state index contributed by atoms with van der Waals surface area (Å²) < 4.78 is 0. The highest BCUT2D eigenvalue weighted by atomic mass is 16.5. The van der Waals surface area contributed by atoms with Crippen molar-refractivity contribution in [2.45, 2.75) is 19.3 Å². The molecule has 7 heteroatoms. The lowest BCUT2D eigenvalue weighted by atomic mass is 10.2. The molecule has 0 spiro atoms. The Morgan fingerprint density at radius 3 is 2.44 bits per heavy atom. The number of rotatable bonds is 8. The number of nitroso groups, excluding NO2 is 1. The van der Waals surface area contributed by atoms with Crippen LogP contribution in [0, 0.1) is 4.91 Å². The zero-order valence-corrected chi connectivity index (χ0v) is 8.70. The normalized spacial score (nSPS) is 10.3. The third-order valence-electron chi connectivity index (χ3n) is 1.74. The first kappa shape index (κ1) is 14.2. The Kier molecular flexibility index (Phi) is 7.60. The molecule has 0 fully saturated rings. The molecule has 0 bridgehead atoms. The third-order valence-corrected chi connectivity index (χ3v) is 1.74. The van der Waals surface area contributed by atoms with Crippen LogP contribution in [0.4, 0.5) is 0 Å². The van der Waals surface area contributed by atoms with Crippen LogP contribution in [0.3, 0.4) is 0 Å². The second kappa shape index (κ2) is 8.54. The Morgan fingerprint density at radius 1 is 1.19 bits per heavy atom. The number of hydrogen-bond donors (Lipinski definition) is 2. The molecule has 0 aliphatic carbocycles. The quantitative estimate of drug-likeness (QED) is 0.210. The lowest BCUT2D eigenvalue weighted by Crippen LogP contribution is -2.26. The molecular weight excluding hydrogens is 216 g/mol. The topological polar surface area (TPSA) is 107 Å². The first-order valence-corrected chi connectivity index (χ1v) is 4.78. The van der Waals surface area contributed by atoms with Gasteiger partial charge in [-0.2, -0.15) is 4.91 Å². The number of aliphatic carboxylic acids is 1. The van der Waals surface area contributed by atoms with Crippen molar-refractivity contribution in [1.29, 1.82) is 0 Å². The van der Waals surface area contributed by atoms with E-state index in [0.29, 0.717) is 30.4 Å². The van der Waals surface area contributed by atoms with E-state index in [9.17, 15) is 14.5 Å². The first-order chi connectivity index (χ1) is 7.57. The summed E-state index contributed by atoms with van der Waals surface area (Å²) in [6.45, 7) is 0.319. The number of carboxylic acid groups (broad SMARTS) is 1. The second-order valence-electron chi connectivity index (χ2n) is 3.05. The highest BCUT2D eigenvalue weighted by Crippen LogP contribution is 1.98. The number of hydroxylamine groups is 2. The molecule has 16 heavy (non-hydrogen) atoms. The average Bonchev–Trinajstić information content (AvgIpc) is 2.25. The minimum atomic E-state index is -1.25.